The molecular formula is C20H30O11. The Morgan fingerprint density at radius 3 is 2.42 bits per heavy atom. The van der Waals surface area contributed by atoms with Crippen LogP contribution in [0.2, 0.25) is 0 Å². The van der Waals surface area contributed by atoms with Crippen LogP contribution in [0.3, 0.4) is 0 Å². The van der Waals surface area contributed by atoms with Crippen LogP contribution in [0.25, 0.3) is 0 Å². The number of aliphatic hydroxyl groups is 4. The minimum Gasteiger partial charge on any atom is -0.472 e. The first kappa shape index (κ1) is 22.9. The summed E-state index contributed by atoms with van der Waals surface area (Å²) in [4.78, 5) is 12.4. The highest BCUT2D eigenvalue weighted by Gasteiger charge is 2.63. The van der Waals surface area contributed by atoms with Crippen LogP contribution < -0.4 is 0 Å². The van der Waals surface area contributed by atoms with E-state index in [2.05, 4.69) is 0 Å². The van der Waals surface area contributed by atoms with Gasteiger partial charge in [-0.3, -0.25) is 0 Å². The van der Waals surface area contributed by atoms with Crippen LogP contribution in [0.1, 0.15) is 20.8 Å². The number of aliphatic hydroxyl groups excluding tert-OH is 4. The highest BCUT2D eigenvalue weighted by molar-refractivity contribution is 5.89. The lowest BCUT2D eigenvalue weighted by atomic mass is 9.82. The molecule has 4 N–H and O–H groups in total. The molecule has 31 heavy (non-hydrogen) atoms. The molecule has 0 aromatic carbocycles. The molecule has 0 amide bonds. The Balaban J connectivity index is 1.60. The standard InChI is InChI=1S/C20H30O11/c1-7-10-11(16-15(7)30-20(2,3)31-16)8(17(25)26-4)6-27-18(10)29-19-14(24)13(23)12(22)9(5-21)28-19/h6-7,9-16,18-19,21-24H,5H2,1-4H3/t7-,9+,10+,11+,12+,13-,14+,15+,16-,18-,19-/m0/s1. The molecule has 11 atom stereocenters. The highest BCUT2D eigenvalue weighted by atomic mass is 16.8. The summed E-state index contributed by atoms with van der Waals surface area (Å²) in [6.07, 6.45) is -7.64. The van der Waals surface area contributed by atoms with Crippen LogP contribution in [0, 0.1) is 17.8 Å². The van der Waals surface area contributed by atoms with Gasteiger partial charge < -0.3 is 48.8 Å². The number of hydrogen-bond acceptors (Lipinski definition) is 11. The van der Waals surface area contributed by atoms with Crippen molar-refractivity contribution in [2.45, 2.75) is 75.8 Å². The van der Waals surface area contributed by atoms with Crippen molar-refractivity contribution < 1.29 is 53.6 Å². The predicted octanol–water partition coefficient (Wildman–Crippen LogP) is -1.38. The van der Waals surface area contributed by atoms with E-state index in [0.717, 1.165) is 0 Å². The van der Waals surface area contributed by atoms with Gasteiger partial charge in [-0.2, -0.15) is 0 Å². The van der Waals surface area contributed by atoms with E-state index < -0.39 is 73.3 Å². The van der Waals surface area contributed by atoms with Crippen LogP contribution in [-0.4, -0.2) is 95.1 Å². The Kier molecular flexibility index (Phi) is 6.07. The van der Waals surface area contributed by atoms with E-state index in [1.165, 1.54) is 13.4 Å². The van der Waals surface area contributed by atoms with E-state index in [1.807, 2.05) is 6.92 Å². The molecule has 1 saturated carbocycles. The lowest BCUT2D eigenvalue weighted by Crippen LogP contribution is -2.60. The van der Waals surface area contributed by atoms with Gasteiger partial charge in [0.1, 0.15) is 24.4 Å². The molecule has 11 nitrogen and oxygen atoms in total. The Labute approximate surface area is 179 Å². The third-order valence-corrected chi connectivity index (χ3v) is 6.60. The molecule has 0 bridgehead atoms. The van der Waals surface area contributed by atoms with Gasteiger partial charge in [-0.05, 0) is 19.8 Å². The zero-order valence-electron chi connectivity index (χ0n) is 17.8. The number of carbonyl (C=O) groups is 1. The minimum atomic E-state index is -1.58. The van der Waals surface area contributed by atoms with Gasteiger partial charge in [-0.15, -0.1) is 0 Å². The number of methoxy groups -OCH3 is 1. The van der Waals surface area contributed by atoms with Crippen molar-refractivity contribution in [3.05, 3.63) is 11.8 Å². The SMILES string of the molecule is COC(=O)C1=CO[C@@H](O[C@@H]2O[C@H](CO)[C@@H](O)[C@H](O)[C@H]2O)[C@@H]2[C@H](C)[C@H]3OC(C)(C)O[C@H]3[C@H]12. The van der Waals surface area contributed by atoms with Crippen LogP contribution >= 0.6 is 0 Å². The first-order valence-electron chi connectivity index (χ1n) is 10.3. The lowest BCUT2D eigenvalue weighted by molar-refractivity contribution is -0.344. The maximum atomic E-state index is 12.4. The first-order valence-corrected chi connectivity index (χ1v) is 10.3. The smallest absolute Gasteiger partial charge is 0.337 e. The molecule has 11 heteroatoms. The molecule has 0 unspecified atom stereocenters. The van der Waals surface area contributed by atoms with Crippen molar-refractivity contribution in [1.82, 2.24) is 0 Å². The summed E-state index contributed by atoms with van der Waals surface area (Å²) in [5.74, 6) is -2.42. The van der Waals surface area contributed by atoms with Crippen molar-refractivity contribution in [1.29, 1.82) is 0 Å². The number of hydrogen-bond donors (Lipinski definition) is 4. The summed E-state index contributed by atoms with van der Waals surface area (Å²) < 4.78 is 34.1. The van der Waals surface area contributed by atoms with Gasteiger partial charge in [0.25, 0.3) is 0 Å². The second kappa shape index (κ2) is 8.23. The van der Waals surface area contributed by atoms with Crippen LogP contribution in [0.15, 0.2) is 11.8 Å². The van der Waals surface area contributed by atoms with E-state index in [0.29, 0.717) is 5.57 Å². The normalized spacial score (nSPS) is 48.4. The van der Waals surface area contributed by atoms with Crippen molar-refractivity contribution in [2.24, 2.45) is 17.8 Å². The molecule has 1 aliphatic carbocycles. The van der Waals surface area contributed by atoms with Gasteiger partial charge in [0, 0.05) is 11.8 Å². The molecule has 3 heterocycles. The summed E-state index contributed by atoms with van der Waals surface area (Å²) in [5.41, 5.74) is 0.293. The fraction of sp³-hybridized carbons (Fsp3) is 0.850. The van der Waals surface area contributed by atoms with Crippen molar-refractivity contribution in [3.8, 4) is 0 Å². The predicted molar refractivity (Wildman–Crippen MR) is 99.8 cm³/mol. The van der Waals surface area contributed by atoms with E-state index in [9.17, 15) is 25.2 Å². The van der Waals surface area contributed by atoms with Crippen LogP contribution in [0.4, 0.5) is 0 Å². The molecule has 0 radical (unpaired) electrons. The number of rotatable bonds is 4. The molecule has 4 rings (SSSR count). The van der Waals surface area contributed by atoms with Gasteiger partial charge in [0.05, 0.1) is 37.8 Å². The number of ether oxygens (including phenoxy) is 6. The van der Waals surface area contributed by atoms with Crippen LogP contribution in [0.5, 0.6) is 0 Å². The maximum absolute atomic E-state index is 12.4. The zero-order valence-corrected chi connectivity index (χ0v) is 17.8. The third kappa shape index (κ3) is 3.76. The van der Waals surface area contributed by atoms with E-state index in [-0.39, 0.29) is 12.0 Å². The Hall–Kier alpha value is -1.31. The van der Waals surface area contributed by atoms with Crippen molar-refractivity contribution >= 4 is 5.97 Å². The minimum absolute atomic E-state index is 0.167. The molecule has 176 valence electrons. The molecule has 2 saturated heterocycles. The van der Waals surface area contributed by atoms with Gasteiger partial charge in [0.15, 0.2) is 12.1 Å². The molecule has 0 spiro atoms. The average Bonchev–Trinajstić information content (AvgIpc) is 3.19. The molecule has 3 aliphatic heterocycles. The maximum Gasteiger partial charge on any atom is 0.337 e. The lowest BCUT2D eigenvalue weighted by Gasteiger charge is -2.43. The quantitative estimate of drug-likeness (QED) is 0.378. The molecule has 0 aromatic rings. The fourth-order valence-corrected chi connectivity index (χ4v) is 5.11. The largest absolute Gasteiger partial charge is 0.472 e. The van der Waals surface area contributed by atoms with Crippen LogP contribution in [-0.2, 0) is 33.2 Å². The third-order valence-electron chi connectivity index (χ3n) is 6.60. The van der Waals surface area contributed by atoms with Gasteiger partial charge >= 0.3 is 5.97 Å². The first-order chi connectivity index (χ1) is 14.6. The molecule has 3 fully saturated rings. The summed E-state index contributed by atoms with van der Waals surface area (Å²) in [5, 5.41) is 39.8. The summed E-state index contributed by atoms with van der Waals surface area (Å²) in [7, 11) is 1.28. The molecule has 0 aromatic heterocycles. The monoisotopic (exact) mass is 446 g/mol. The van der Waals surface area contributed by atoms with Gasteiger partial charge in [0.2, 0.25) is 6.29 Å². The van der Waals surface area contributed by atoms with Crippen molar-refractivity contribution in [3.63, 3.8) is 0 Å². The van der Waals surface area contributed by atoms with E-state index >= 15 is 0 Å². The number of esters is 1. The Morgan fingerprint density at radius 1 is 1.10 bits per heavy atom. The van der Waals surface area contributed by atoms with E-state index in [4.69, 9.17) is 28.4 Å². The van der Waals surface area contributed by atoms with Gasteiger partial charge in [-0.25, -0.2) is 4.79 Å². The second-order valence-electron chi connectivity index (χ2n) is 8.93. The fourth-order valence-electron chi connectivity index (χ4n) is 5.11. The molecular weight excluding hydrogens is 416 g/mol. The van der Waals surface area contributed by atoms with E-state index in [1.54, 1.807) is 13.8 Å². The number of carbonyl (C=O) groups excluding carboxylic acids is 1. The highest BCUT2D eigenvalue weighted by Crippen LogP contribution is 2.54. The Bertz CT molecular complexity index is 722. The van der Waals surface area contributed by atoms with Gasteiger partial charge in [-0.1, -0.05) is 6.92 Å². The summed E-state index contributed by atoms with van der Waals surface area (Å²) in [6, 6.07) is 0. The zero-order chi connectivity index (χ0) is 22.7. The average molecular weight is 446 g/mol. The topological polar surface area (TPSA) is 153 Å². The molecule has 4 aliphatic rings. The second-order valence-corrected chi connectivity index (χ2v) is 8.93. The summed E-state index contributed by atoms with van der Waals surface area (Å²) in [6.45, 7) is 4.96. The Morgan fingerprint density at radius 2 is 1.77 bits per heavy atom. The number of fused-ring (bicyclic) bond motifs is 3. The summed E-state index contributed by atoms with van der Waals surface area (Å²) >= 11 is 0. The van der Waals surface area contributed by atoms with Crippen molar-refractivity contribution in [2.75, 3.05) is 13.7 Å².